The van der Waals surface area contributed by atoms with Crippen molar-refractivity contribution in [3.05, 3.63) is 35.6 Å². The van der Waals surface area contributed by atoms with Gasteiger partial charge in [0.05, 0.1) is 0 Å². The van der Waals surface area contributed by atoms with E-state index in [2.05, 4.69) is 5.32 Å². The maximum absolute atomic E-state index is 13.0. The van der Waals surface area contributed by atoms with Gasteiger partial charge in [0.1, 0.15) is 5.82 Å². The highest BCUT2D eigenvalue weighted by Gasteiger charge is 2.44. The monoisotopic (exact) mass is 276 g/mol. The Kier molecular flexibility index (Phi) is 3.40. The number of rotatable bonds is 4. The molecule has 2 fully saturated rings. The summed E-state index contributed by atoms with van der Waals surface area (Å²) in [5.41, 5.74) is 1.16. The first-order valence-corrected chi connectivity index (χ1v) is 7.37. The van der Waals surface area contributed by atoms with Crippen molar-refractivity contribution in [1.29, 1.82) is 0 Å². The lowest BCUT2D eigenvalue weighted by Crippen LogP contribution is -2.48. The van der Waals surface area contributed by atoms with Crippen LogP contribution in [-0.2, 0) is 5.41 Å². The molecule has 108 valence electrons. The van der Waals surface area contributed by atoms with E-state index in [9.17, 15) is 9.18 Å². The van der Waals surface area contributed by atoms with Gasteiger partial charge in [-0.3, -0.25) is 0 Å². The van der Waals surface area contributed by atoms with Gasteiger partial charge in [-0.15, -0.1) is 0 Å². The molecule has 2 saturated carbocycles. The van der Waals surface area contributed by atoms with E-state index in [1.54, 1.807) is 0 Å². The molecule has 2 aliphatic rings. The molecule has 0 heterocycles. The molecular weight excluding hydrogens is 255 g/mol. The summed E-state index contributed by atoms with van der Waals surface area (Å²) in [6, 6.07) is 7.10. The van der Waals surface area contributed by atoms with Crippen molar-refractivity contribution in [1.82, 2.24) is 10.2 Å². The average molecular weight is 276 g/mol. The zero-order valence-corrected chi connectivity index (χ0v) is 11.9. The molecule has 0 saturated heterocycles. The molecule has 1 aromatic rings. The number of carbonyl (C=O) groups excluding carboxylic acids is 1. The minimum Gasteiger partial charge on any atom is -0.337 e. The number of hydrogen-bond acceptors (Lipinski definition) is 1. The zero-order valence-electron chi connectivity index (χ0n) is 11.9. The molecule has 3 nitrogen and oxygen atoms in total. The van der Waals surface area contributed by atoms with Gasteiger partial charge >= 0.3 is 6.03 Å². The Morgan fingerprint density at radius 2 is 2.00 bits per heavy atom. The Labute approximate surface area is 119 Å². The number of halogens is 1. The summed E-state index contributed by atoms with van der Waals surface area (Å²) in [6.45, 7) is 0.647. The van der Waals surface area contributed by atoms with E-state index in [1.807, 2.05) is 24.1 Å². The number of benzene rings is 1. The van der Waals surface area contributed by atoms with Crippen molar-refractivity contribution >= 4 is 6.03 Å². The van der Waals surface area contributed by atoms with Crippen molar-refractivity contribution in [3.63, 3.8) is 0 Å². The molecule has 2 amide bonds. The van der Waals surface area contributed by atoms with Gasteiger partial charge < -0.3 is 10.2 Å². The lowest BCUT2D eigenvalue weighted by molar-refractivity contribution is 0.157. The van der Waals surface area contributed by atoms with E-state index in [0.29, 0.717) is 12.6 Å². The van der Waals surface area contributed by atoms with E-state index < -0.39 is 0 Å². The molecule has 2 aliphatic carbocycles. The van der Waals surface area contributed by atoms with Crippen LogP contribution >= 0.6 is 0 Å². The average Bonchev–Trinajstić information content (AvgIpc) is 3.16. The maximum atomic E-state index is 13.0. The molecule has 0 bridgehead atoms. The first kappa shape index (κ1) is 13.4. The third kappa shape index (κ3) is 2.51. The second-order valence-electron chi connectivity index (χ2n) is 6.14. The van der Waals surface area contributed by atoms with Gasteiger partial charge in [-0.2, -0.15) is 0 Å². The molecule has 1 N–H and O–H groups in total. The molecule has 0 aliphatic heterocycles. The second kappa shape index (κ2) is 5.08. The number of hydrogen-bond donors (Lipinski definition) is 1. The highest BCUT2D eigenvalue weighted by Crippen LogP contribution is 2.47. The summed E-state index contributed by atoms with van der Waals surface area (Å²) in [4.78, 5) is 13.9. The fourth-order valence-electron chi connectivity index (χ4n) is 2.83. The maximum Gasteiger partial charge on any atom is 0.317 e. The number of urea groups is 1. The van der Waals surface area contributed by atoms with Crippen molar-refractivity contribution in [2.24, 2.45) is 0 Å². The Morgan fingerprint density at radius 1 is 1.35 bits per heavy atom. The predicted octanol–water partition coefficient (Wildman–Crippen LogP) is 3.05. The fraction of sp³-hybridized carbons (Fsp3) is 0.562. The Balaban J connectivity index is 1.57. The summed E-state index contributed by atoms with van der Waals surface area (Å²) < 4.78 is 13.0. The van der Waals surface area contributed by atoms with Crippen LogP contribution in [0.4, 0.5) is 9.18 Å². The SMILES string of the molecule is CN(C(=O)NCC1(c2ccc(F)cc2)CC1)C1CCC1. The zero-order chi connectivity index (χ0) is 14.2. The molecule has 0 aromatic heterocycles. The van der Waals surface area contributed by atoms with E-state index in [0.717, 1.165) is 31.2 Å². The van der Waals surface area contributed by atoms with Crippen LogP contribution in [0.5, 0.6) is 0 Å². The van der Waals surface area contributed by atoms with Crippen LogP contribution < -0.4 is 5.32 Å². The van der Waals surface area contributed by atoms with Crippen LogP contribution in [0.15, 0.2) is 24.3 Å². The van der Waals surface area contributed by atoms with Gasteiger partial charge in [-0.25, -0.2) is 9.18 Å². The first-order chi connectivity index (χ1) is 9.61. The van der Waals surface area contributed by atoms with Crippen LogP contribution in [0, 0.1) is 5.82 Å². The topological polar surface area (TPSA) is 32.3 Å². The normalized spacial score (nSPS) is 20.1. The fourth-order valence-corrected chi connectivity index (χ4v) is 2.83. The number of amides is 2. The Morgan fingerprint density at radius 3 is 2.50 bits per heavy atom. The summed E-state index contributed by atoms with van der Waals surface area (Å²) in [7, 11) is 1.87. The highest BCUT2D eigenvalue weighted by molar-refractivity contribution is 5.74. The standard InChI is InChI=1S/C16H21FN2O/c1-19(14-3-2-4-14)15(20)18-11-16(9-10-16)12-5-7-13(17)8-6-12/h5-8,14H,2-4,9-11H2,1H3,(H,18,20). The number of carbonyl (C=O) groups is 1. The first-order valence-electron chi connectivity index (χ1n) is 7.37. The van der Waals surface area contributed by atoms with Gasteiger partial charge in [-0.1, -0.05) is 12.1 Å². The molecule has 1 aromatic carbocycles. The number of nitrogens with zero attached hydrogens (tertiary/aromatic N) is 1. The van der Waals surface area contributed by atoms with Gasteiger partial charge in [-0.05, 0) is 49.8 Å². The van der Waals surface area contributed by atoms with Crippen molar-refractivity contribution in [2.45, 2.75) is 43.6 Å². The molecular formula is C16H21FN2O. The number of nitrogens with one attached hydrogen (secondary N) is 1. The molecule has 0 atom stereocenters. The van der Waals surface area contributed by atoms with Crippen molar-refractivity contribution < 1.29 is 9.18 Å². The third-order valence-electron chi connectivity index (χ3n) is 4.83. The Hall–Kier alpha value is -1.58. The quantitative estimate of drug-likeness (QED) is 0.900. The smallest absolute Gasteiger partial charge is 0.317 e. The third-order valence-corrected chi connectivity index (χ3v) is 4.83. The Bertz CT molecular complexity index is 492. The van der Waals surface area contributed by atoms with E-state index in [4.69, 9.17) is 0 Å². The lowest BCUT2D eigenvalue weighted by atomic mass is 9.92. The summed E-state index contributed by atoms with van der Waals surface area (Å²) in [5.74, 6) is -0.210. The lowest BCUT2D eigenvalue weighted by Gasteiger charge is -2.35. The summed E-state index contributed by atoms with van der Waals surface area (Å²) in [6.07, 6.45) is 5.58. The van der Waals surface area contributed by atoms with Gasteiger partial charge in [0.2, 0.25) is 0 Å². The minimum atomic E-state index is -0.210. The second-order valence-corrected chi connectivity index (χ2v) is 6.14. The highest BCUT2D eigenvalue weighted by atomic mass is 19.1. The van der Waals surface area contributed by atoms with E-state index in [1.165, 1.54) is 18.6 Å². The molecule has 0 spiro atoms. The van der Waals surface area contributed by atoms with Crippen LogP contribution in [0.2, 0.25) is 0 Å². The molecule has 3 rings (SSSR count). The predicted molar refractivity (Wildman–Crippen MR) is 76.1 cm³/mol. The molecule has 20 heavy (non-hydrogen) atoms. The molecule has 4 heteroatoms. The van der Waals surface area contributed by atoms with E-state index in [-0.39, 0.29) is 17.3 Å². The van der Waals surface area contributed by atoms with Crippen LogP contribution in [0.25, 0.3) is 0 Å². The van der Waals surface area contributed by atoms with Crippen LogP contribution in [0.1, 0.15) is 37.7 Å². The van der Waals surface area contributed by atoms with Crippen molar-refractivity contribution in [3.8, 4) is 0 Å². The van der Waals surface area contributed by atoms with Gasteiger partial charge in [0, 0.05) is 25.0 Å². The van der Waals surface area contributed by atoms with Crippen LogP contribution in [0.3, 0.4) is 0 Å². The molecule has 0 unspecified atom stereocenters. The van der Waals surface area contributed by atoms with E-state index >= 15 is 0 Å². The van der Waals surface area contributed by atoms with Crippen molar-refractivity contribution in [2.75, 3.05) is 13.6 Å². The summed E-state index contributed by atoms with van der Waals surface area (Å²) >= 11 is 0. The van der Waals surface area contributed by atoms with Gasteiger partial charge in [0.15, 0.2) is 0 Å². The summed E-state index contributed by atoms with van der Waals surface area (Å²) in [5, 5.41) is 3.04. The minimum absolute atomic E-state index is 0.0167. The molecule has 0 radical (unpaired) electrons. The largest absolute Gasteiger partial charge is 0.337 e. The van der Waals surface area contributed by atoms with Gasteiger partial charge in [0.25, 0.3) is 0 Å². The van der Waals surface area contributed by atoms with Crippen LogP contribution in [-0.4, -0.2) is 30.6 Å².